The number of aliphatic hydroxyl groups is 1. The zero-order valence-corrected chi connectivity index (χ0v) is 21.6. The molecule has 6 nitrogen and oxygen atoms in total. The number of hydrogen-bond acceptors (Lipinski definition) is 3. The van der Waals surface area contributed by atoms with Crippen molar-refractivity contribution < 1.29 is 9.90 Å². The van der Waals surface area contributed by atoms with Gasteiger partial charge in [-0.2, -0.15) is 0 Å². The fraction of sp³-hybridized carbons (Fsp3) is 0.640. The lowest BCUT2D eigenvalue weighted by Crippen LogP contribution is -2.58. The molecule has 176 valence electrons. The number of carbonyl (C=O) groups excluding carboxylic acids is 1. The third-order valence-corrected chi connectivity index (χ3v) is 7.99. The minimum atomic E-state index is -0.913. The van der Waals surface area contributed by atoms with Crippen LogP contribution in [0.2, 0.25) is 0 Å². The van der Waals surface area contributed by atoms with Gasteiger partial charge in [-0.15, -0.1) is 0 Å². The van der Waals surface area contributed by atoms with Crippen LogP contribution in [0.4, 0.5) is 4.79 Å². The maximum Gasteiger partial charge on any atom is 0.317 e. The van der Waals surface area contributed by atoms with Crippen LogP contribution < -0.4 is 5.32 Å². The van der Waals surface area contributed by atoms with Crippen LogP contribution in [-0.4, -0.2) is 64.2 Å². The van der Waals surface area contributed by atoms with E-state index in [2.05, 4.69) is 50.2 Å². The number of hydrogen-bond donors (Lipinski definition) is 3. The van der Waals surface area contributed by atoms with Crippen LogP contribution in [0, 0.1) is 0 Å². The van der Waals surface area contributed by atoms with Crippen LogP contribution in [-0.2, 0) is 12.0 Å². The van der Waals surface area contributed by atoms with Gasteiger partial charge < -0.3 is 20.3 Å². The number of rotatable bonds is 6. The molecule has 2 amide bonds. The van der Waals surface area contributed by atoms with Crippen molar-refractivity contribution in [1.82, 2.24) is 20.1 Å². The molecular weight excluding hydrogens is 468 g/mol. The lowest BCUT2D eigenvalue weighted by atomic mass is 9.72. The standard InChI is InChI=1S/C25H37BrN4O2/c1-6-9-30-14-16(27-24(31)29(7-2)8-3)12-17-18-10-15(25(4,5)32)11-20-22(18)19(13-21(17)30)23(26)28-20/h10-11,16-17,21,28,32H,6-9,12-14H2,1-5H3,(H,27,31)/t16-,17?,21+/m0/s1. The van der Waals surface area contributed by atoms with Crippen molar-refractivity contribution in [3.63, 3.8) is 0 Å². The number of likely N-dealkylation sites (tertiary alicyclic amines) is 1. The van der Waals surface area contributed by atoms with Gasteiger partial charge in [0.2, 0.25) is 0 Å². The molecule has 1 aliphatic carbocycles. The Morgan fingerprint density at radius 1 is 1.31 bits per heavy atom. The van der Waals surface area contributed by atoms with Crippen LogP contribution in [0.25, 0.3) is 10.9 Å². The Hall–Kier alpha value is -1.57. The molecule has 1 saturated heterocycles. The smallest absolute Gasteiger partial charge is 0.317 e. The SMILES string of the molecule is CCCN1C[C@@H](NC(=O)N(CC)CC)CC2c3cc(C(C)(C)O)cc4[nH]c(Br)c(c34)C[C@H]21. The normalized spacial score (nSPS) is 23.3. The first-order chi connectivity index (χ1) is 15.2. The molecule has 2 aromatic rings. The Bertz CT molecular complexity index is 992. The number of fused-ring (bicyclic) bond motifs is 2. The summed E-state index contributed by atoms with van der Waals surface area (Å²) in [5.74, 6) is 0.317. The predicted octanol–water partition coefficient (Wildman–Crippen LogP) is 4.70. The fourth-order valence-corrected chi connectivity index (χ4v) is 6.27. The van der Waals surface area contributed by atoms with Gasteiger partial charge in [-0.05, 0) is 92.2 Å². The third-order valence-electron chi connectivity index (χ3n) is 7.32. The molecule has 1 unspecified atom stereocenters. The van der Waals surface area contributed by atoms with E-state index in [0.29, 0.717) is 12.0 Å². The molecule has 0 saturated carbocycles. The van der Waals surface area contributed by atoms with Crippen LogP contribution in [0.5, 0.6) is 0 Å². The first kappa shape index (κ1) is 23.6. The molecule has 32 heavy (non-hydrogen) atoms. The Labute approximate surface area is 199 Å². The molecule has 0 bridgehead atoms. The Kier molecular flexibility index (Phi) is 6.63. The number of nitrogens with zero attached hydrogens (tertiary/aromatic N) is 2. The van der Waals surface area contributed by atoms with Crippen molar-refractivity contribution >= 4 is 32.9 Å². The van der Waals surface area contributed by atoms with Crippen molar-refractivity contribution in [3.05, 3.63) is 33.4 Å². The zero-order valence-electron chi connectivity index (χ0n) is 20.0. The van der Waals surface area contributed by atoms with E-state index in [1.807, 2.05) is 32.6 Å². The van der Waals surface area contributed by atoms with Gasteiger partial charge in [0, 0.05) is 48.5 Å². The van der Waals surface area contributed by atoms with E-state index in [-0.39, 0.29) is 12.1 Å². The predicted molar refractivity (Wildman–Crippen MR) is 133 cm³/mol. The van der Waals surface area contributed by atoms with Gasteiger partial charge in [0.25, 0.3) is 0 Å². The first-order valence-corrected chi connectivity index (χ1v) is 12.8. The summed E-state index contributed by atoms with van der Waals surface area (Å²) >= 11 is 3.77. The lowest BCUT2D eigenvalue weighted by molar-refractivity contribution is 0.0779. The van der Waals surface area contributed by atoms with Gasteiger partial charge in [0.15, 0.2) is 0 Å². The highest BCUT2D eigenvalue weighted by Gasteiger charge is 2.42. The molecule has 3 atom stereocenters. The number of aromatic amines is 1. The van der Waals surface area contributed by atoms with E-state index in [0.717, 1.165) is 61.1 Å². The maximum atomic E-state index is 12.8. The third kappa shape index (κ3) is 4.19. The van der Waals surface area contributed by atoms with Crippen molar-refractivity contribution in [2.75, 3.05) is 26.2 Å². The Morgan fingerprint density at radius 2 is 2.03 bits per heavy atom. The van der Waals surface area contributed by atoms with E-state index < -0.39 is 5.60 Å². The summed E-state index contributed by atoms with van der Waals surface area (Å²) in [5.41, 5.74) is 3.73. The summed E-state index contributed by atoms with van der Waals surface area (Å²) in [4.78, 5) is 20.8. The molecular formula is C25H37BrN4O2. The number of benzene rings is 1. The van der Waals surface area contributed by atoms with Crippen LogP contribution >= 0.6 is 15.9 Å². The molecule has 7 heteroatoms. The van der Waals surface area contributed by atoms with Gasteiger partial charge >= 0.3 is 6.03 Å². The highest BCUT2D eigenvalue weighted by atomic mass is 79.9. The first-order valence-electron chi connectivity index (χ1n) is 12.0. The van der Waals surface area contributed by atoms with Gasteiger partial charge in [-0.25, -0.2) is 4.79 Å². The van der Waals surface area contributed by atoms with Gasteiger partial charge in [-0.3, -0.25) is 4.90 Å². The highest BCUT2D eigenvalue weighted by molar-refractivity contribution is 9.10. The molecule has 2 aliphatic rings. The highest BCUT2D eigenvalue weighted by Crippen LogP contribution is 2.47. The van der Waals surface area contributed by atoms with Crippen LogP contribution in [0.1, 0.15) is 70.1 Å². The quantitative estimate of drug-likeness (QED) is 0.533. The number of amides is 2. The summed E-state index contributed by atoms with van der Waals surface area (Å²) in [7, 11) is 0. The van der Waals surface area contributed by atoms with Crippen molar-refractivity contribution in [2.24, 2.45) is 0 Å². The molecule has 1 fully saturated rings. The topological polar surface area (TPSA) is 71.6 Å². The molecule has 1 aromatic heterocycles. The molecule has 1 aromatic carbocycles. The lowest BCUT2D eigenvalue weighted by Gasteiger charge is -2.47. The minimum absolute atomic E-state index is 0.0335. The van der Waals surface area contributed by atoms with E-state index >= 15 is 0 Å². The van der Waals surface area contributed by atoms with E-state index in [9.17, 15) is 9.90 Å². The van der Waals surface area contributed by atoms with E-state index in [1.165, 1.54) is 16.5 Å². The maximum absolute atomic E-state index is 12.8. The summed E-state index contributed by atoms with van der Waals surface area (Å²) in [6.07, 6.45) is 3.00. The number of halogens is 1. The summed E-state index contributed by atoms with van der Waals surface area (Å²) in [6, 6.07) is 4.84. The number of urea groups is 1. The van der Waals surface area contributed by atoms with Crippen molar-refractivity contribution in [1.29, 1.82) is 0 Å². The average molecular weight is 506 g/mol. The van der Waals surface area contributed by atoms with Gasteiger partial charge in [-0.1, -0.05) is 13.0 Å². The zero-order chi connectivity index (χ0) is 23.2. The van der Waals surface area contributed by atoms with Crippen LogP contribution in [0.3, 0.4) is 0 Å². The van der Waals surface area contributed by atoms with Crippen LogP contribution in [0.15, 0.2) is 16.7 Å². The molecule has 0 spiro atoms. The molecule has 0 radical (unpaired) electrons. The molecule has 1 aliphatic heterocycles. The Balaban J connectivity index is 1.75. The average Bonchev–Trinajstić information content (AvgIpc) is 3.05. The van der Waals surface area contributed by atoms with Gasteiger partial charge in [0.1, 0.15) is 0 Å². The summed E-state index contributed by atoms with van der Waals surface area (Å²) in [5, 5.41) is 15.4. The minimum Gasteiger partial charge on any atom is -0.386 e. The molecule has 2 heterocycles. The number of piperidine rings is 1. The second kappa shape index (κ2) is 8.99. The Morgan fingerprint density at radius 3 is 2.66 bits per heavy atom. The van der Waals surface area contributed by atoms with Gasteiger partial charge in [0.05, 0.1) is 10.2 Å². The number of aromatic nitrogens is 1. The number of carbonyl (C=O) groups is 1. The summed E-state index contributed by atoms with van der Waals surface area (Å²) < 4.78 is 1.05. The van der Waals surface area contributed by atoms with Crippen molar-refractivity contribution in [2.45, 2.75) is 77.5 Å². The largest absolute Gasteiger partial charge is 0.386 e. The number of nitrogens with one attached hydrogen (secondary N) is 2. The summed E-state index contributed by atoms with van der Waals surface area (Å²) in [6.45, 7) is 13.3. The van der Waals surface area contributed by atoms with Crippen molar-refractivity contribution in [3.8, 4) is 0 Å². The van der Waals surface area contributed by atoms with E-state index in [1.54, 1.807) is 0 Å². The molecule has 3 N–H and O–H groups in total. The second-order valence-electron chi connectivity index (χ2n) is 9.89. The fourth-order valence-electron chi connectivity index (χ4n) is 5.69. The molecule has 4 rings (SSSR count). The second-order valence-corrected chi connectivity index (χ2v) is 10.7. The van der Waals surface area contributed by atoms with E-state index in [4.69, 9.17) is 0 Å². The monoisotopic (exact) mass is 504 g/mol. The number of H-pyrrole nitrogens is 1.